The molecule has 0 unspecified atom stereocenters. The average Bonchev–Trinajstić information content (AvgIpc) is 2.61. The van der Waals surface area contributed by atoms with Crippen LogP contribution in [0.15, 0.2) is 30.3 Å². The van der Waals surface area contributed by atoms with E-state index in [-0.39, 0.29) is 23.1 Å². The molecule has 1 aromatic carbocycles. The van der Waals surface area contributed by atoms with Gasteiger partial charge >= 0.3 is 0 Å². The van der Waals surface area contributed by atoms with Gasteiger partial charge in [-0.15, -0.1) is 0 Å². The number of carbonyl (C=O) groups is 1. The van der Waals surface area contributed by atoms with Crippen LogP contribution in [-0.4, -0.2) is 24.0 Å². The number of piperidine rings is 1. The molecule has 1 amide bonds. The lowest BCUT2D eigenvalue weighted by Crippen LogP contribution is -2.39. The van der Waals surface area contributed by atoms with Gasteiger partial charge in [-0.25, -0.2) is 13.8 Å². The molecule has 1 saturated heterocycles. The van der Waals surface area contributed by atoms with Crippen LogP contribution in [0, 0.1) is 35.8 Å². The SMILES string of the molecule is Cc1cccc(NC(=O)C2CCN(c3c(F)cc(C#N)cc3F)CC2)n1. The van der Waals surface area contributed by atoms with E-state index in [2.05, 4.69) is 10.3 Å². The zero-order valence-electron chi connectivity index (χ0n) is 14.3. The van der Waals surface area contributed by atoms with Gasteiger partial charge in [0, 0.05) is 24.7 Å². The minimum Gasteiger partial charge on any atom is -0.367 e. The number of hydrogen-bond acceptors (Lipinski definition) is 4. The number of benzene rings is 1. The first-order valence-corrected chi connectivity index (χ1v) is 8.36. The lowest BCUT2D eigenvalue weighted by atomic mass is 9.95. The van der Waals surface area contributed by atoms with Crippen molar-refractivity contribution < 1.29 is 13.6 Å². The number of nitriles is 1. The summed E-state index contributed by atoms with van der Waals surface area (Å²) in [5.41, 5.74) is 0.622. The third-order valence-electron chi connectivity index (χ3n) is 4.47. The van der Waals surface area contributed by atoms with Gasteiger partial charge < -0.3 is 10.2 Å². The molecule has 0 atom stereocenters. The largest absolute Gasteiger partial charge is 0.367 e. The van der Waals surface area contributed by atoms with Crippen molar-refractivity contribution in [3.8, 4) is 6.07 Å². The number of rotatable bonds is 3. The van der Waals surface area contributed by atoms with Crippen LogP contribution in [0.3, 0.4) is 0 Å². The lowest BCUT2D eigenvalue weighted by Gasteiger charge is -2.33. The number of pyridine rings is 1. The van der Waals surface area contributed by atoms with E-state index in [1.54, 1.807) is 17.0 Å². The molecule has 0 saturated carbocycles. The summed E-state index contributed by atoms with van der Waals surface area (Å²) in [5, 5.41) is 11.6. The Bertz CT molecular complexity index is 847. The summed E-state index contributed by atoms with van der Waals surface area (Å²) >= 11 is 0. The van der Waals surface area contributed by atoms with Crippen LogP contribution in [0.4, 0.5) is 20.3 Å². The van der Waals surface area contributed by atoms with E-state index in [4.69, 9.17) is 5.26 Å². The number of nitrogens with one attached hydrogen (secondary N) is 1. The molecule has 2 aromatic rings. The first-order chi connectivity index (χ1) is 12.5. The van der Waals surface area contributed by atoms with Crippen LogP contribution < -0.4 is 10.2 Å². The fourth-order valence-electron chi connectivity index (χ4n) is 3.14. The molecular formula is C19H18F2N4O. The van der Waals surface area contributed by atoms with E-state index in [0.717, 1.165) is 17.8 Å². The Labute approximate surface area is 150 Å². The molecule has 0 aliphatic carbocycles. The number of aromatic nitrogens is 1. The van der Waals surface area contributed by atoms with Crippen molar-refractivity contribution in [2.45, 2.75) is 19.8 Å². The molecule has 1 fully saturated rings. The van der Waals surface area contributed by atoms with Crippen LogP contribution in [0.1, 0.15) is 24.1 Å². The van der Waals surface area contributed by atoms with Gasteiger partial charge in [0.2, 0.25) is 5.91 Å². The summed E-state index contributed by atoms with van der Waals surface area (Å²) in [6.07, 6.45) is 0.965. The standard InChI is InChI=1S/C19H18F2N4O/c1-12-3-2-4-17(23-12)24-19(26)14-5-7-25(8-6-14)18-15(20)9-13(11-22)10-16(18)21/h2-4,9-10,14H,5-8H2,1H3,(H,23,24,26). The van der Waals surface area contributed by atoms with Crippen LogP contribution in [0.5, 0.6) is 0 Å². The van der Waals surface area contributed by atoms with Crippen molar-refractivity contribution in [2.75, 3.05) is 23.3 Å². The number of halogens is 2. The smallest absolute Gasteiger partial charge is 0.228 e. The molecule has 0 spiro atoms. The second-order valence-corrected chi connectivity index (χ2v) is 6.32. The van der Waals surface area contributed by atoms with Gasteiger partial charge in [-0.2, -0.15) is 5.26 Å². The summed E-state index contributed by atoms with van der Waals surface area (Å²) in [5.74, 6) is -1.38. The number of hydrogen-bond donors (Lipinski definition) is 1. The fourth-order valence-corrected chi connectivity index (χ4v) is 3.14. The van der Waals surface area contributed by atoms with E-state index in [1.807, 2.05) is 19.1 Å². The molecule has 1 aliphatic rings. The molecule has 1 N–H and O–H groups in total. The Morgan fingerprint density at radius 3 is 2.50 bits per heavy atom. The minimum absolute atomic E-state index is 0.0522. The van der Waals surface area contributed by atoms with Crippen molar-refractivity contribution in [1.29, 1.82) is 5.26 Å². The fraction of sp³-hybridized carbons (Fsp3) is 0.316. The summed E-state index contributed by atoms with van der Waals surface area (Å²) in [7, 11) is 0. The summed E-state index contributed by atoms with van der Waals surface area (Å²) in [4.78, 5) is 18.2. The molecule has 26 heavy (non-hydrogen) atoms. The molecular weight excluding hydrogens is 338 g/mol. The topological polar surface area (TPSA) is 69.0 Å². The highest BCUT2D eigenvalue weighted by Crippen LogP contribution is 2.29. The van der Waals surface area contributed by atoms with Gasteiger partial charge in [-0.05, 0) is 44.0 Å². The molecule has 5 nitrogen and oxygen atoms in total. The second kappa shape index (κ2) is 7.48. The molecule has 1 aromatic heterocycles. The first kappa shape index (κ1) is 17.8. The lowest BCUT2D eigenvalue weighted by molar-refractivity contribution is -0.120. The minimum atomic E-state index is -0.756. The van der Waals surface area contributed by atoms with E-state index in [1.165, 1.54) is 0 Å². The van der Waals surface area contributed by atoms with Crippen molar-refractivity contribution in [3.05, 3.63) is 53.2 Å². The van der Waals surface area contributed by atoms with Crippen LogP contribution in [0.25, 0.3) is 0 Å². The van der Waals surface area contributed by atoms with Gasteiger partial charge in [0.15, 0.2) is 11.6 Å². The van der Waals surface area contributed by atoms with Crippen LogP contribution in [-0.2, 0) is 4.79 Å². The second-order valence-electron chi connectivity index (χ2n) is 6.32. The average molecular weight is 356 g/mol. The van der Waals surface area contributed by atoms with Crippen molar-refractivity contribution in [2.24, 2.45) is 5.92 Å². The van der Waals surface area contributed by atoms with Gasteiger partial charge in [0.05, 0.1) is 11.6 Å². The molecule has 1 aliphatic heterocycles. The highest BCUT2D eigenvalue weighted by molar-refractivity contribution is 5.91. The molecule has 2 heterocycles. The van der Waals surface area contributed by atoms with Gasteiger partial charge in [-0.3, -0.25) is 4.79 Å². The molecule has 3 rings (SSSR count). The van der Waals surface area contributed by atoms with Crippen LogP contribution >= 0.6 is 0 Å². The predicted octanol–water partition coefficient (Wildman–Crippen LogP) is 3.40. The van der Waals surface area contributed by atoms with Gasteiger partial charge in [-0.1, -0.05) is 6.07 Å². The Balaban J connectivity index is 1.64. The molecule has 0 radical (unpaired) electrons. The molecule has 0 bridgehead atoms. The highest BCUT2D eigenvalue weighted by atomic mass is 19.1. The molecule has 134 valence electrons. The summed E-state index contributed by atoms with van der Waals surface area (Å²) in [6.45, 7) is 2.56. The van der Waals surface area contributed by atoms with E-state index < -0.39 is 11.6 Å². The summed E-state index contributed by atoms with van der Waals surface area (Å²) in [6, 6.07) is 9.17. The molecule has 7 heteroatoms. The maximum absolute atomic E-state index is 14.1. The van der Waals surface area contributed by atoms with Crippen LogP contribution in [0.2, 0.25) is 0 Å². The number of nitrogens with zero attached hydrogens (tertiary/aromatic N) is 3. The monoisotopic (exact) mass is 356 g/mol. The highest BCUT2D eigenvalue weighted by Gasteiger charge is 2.28. The Hall–Kier alpha value is -3.01. The van der Waals surface area contributed by atoms with Gasteiger partial charge in [0.25, 0.3) is 0 Å². The van der Waals surface area contributed by atoms with Gasteiger partial charge in [0.1, 0.15) is 11.5 Å². The Morgan fingerprint density at radius 2 is 1.92 bits per heavy atom. The quantitative estimate of drug-likeness (QED) is 0.915. The predicted molar refractivity (Wildman–Crippen MR) is 93.6 cm³/mol. The zero-order chi connectivity index (χ0) is 18.7. The normalized spacial score (nSPS) is 14.8. The number of aryl methyl sites for hydroxylation is 1. The first-order valence-electron chi connectivity index (χ1n) is 8.36. The number of anilines is 2. The van der Waals surface area contributed by atoms with Crippen molar-refractivity contribution in [1.82, 2.24) is 4.98 Å². The Morgan fingerprint density at radius 1 is 1.27 bits per heavy atom. The van der Waals surface area contributed by atoms with Crippen molar-refractivity contribution in [3.63, 3.8) is 0 Å². The maximum atomic E-state index is 14.1. The zero-order valence-corrected chi connectivity index (χ0v) is 14.3. The van der Waals surface area contributed by atoms with Crippen molar-refractivity contribution >= 4 is 17.4 Å². The van der Waals surface area contributed by atoms with E-state index in [9.17, 15) is 13.6 Å². The van der Waals surface area contributed by atoms with E-state index >= 15 is 0 Å². The van der Waals surface area contributed by atoms with E-state index in [0.29, 0.717) is 31.7 Å². The number of carbonyl (C=O) groups excluding carboxylic acids is 1. The third-order valence-corrected chi connectivity index (χ3v) is 4.47. The third kappa shape index (κ3) is 3.80. The summed E-state index contributed by atoms with van der Waals surface area (Å²) < 4.78 is 28.3. The number of amides is 1. The maximum Gasteiger partial charge on any atom is 0.228 e. The Kier molecular flexibility index (Phi) is 5.12.